The number of aromatic nitrogens is 4. The van der Waals surface area contributed by atoms with Gasteiger partial charge in [-0.05, 0) is 24.6 Å². The van der Waals surface area contributed by atoms with Crippen molar-refractivity contribution in [3.05, 3.63) is 55.2 Å². The lowest BCUT2D eigenvalue weighted by atomic mass is 10.2. The lowest BCUT2D eigenvalue weighted by Crippen LogP contribution is -2.42. The Morgan fingerprint density at radius 1 is 1.19 bits per heavy atom. The first-order valence-electron chi connectivity index (χ1n) is 8.89. The molecule has 0 bridgehead atoms. The molecule has 0 spiro atoms. The first-order chi connectivity index (χ1) is 14.7. The van der Waals surface area contributed by atoms with Crippen LogP contribution in [0.2, 0.25) is 0 Å². The Balaban J connectivity index is 1.87. The summed E-state index contributed by atoms with van der Waals surface area (Å²) in [6.07, 6.45) is 1.76. The average Bonchev–Trinajstić information content (AvgIpc) is 3.29. The number of hydrogen-bond acceptors (Lipinski definition) is 10. The van der Waals surface area contributed by atoms with Crippen LogP contribution in [-0.2, 0) is 18.8 Å². The predicted octanol–water partition coefficient (Wildman–Crippen LogP) is 1.25. The van der Waals surface area contributed by atoms with E-state index in [9.17, 15) is 19.2 Å². The van der Waals surface area contributed by atoms with E-state index in [1.807, 2.05) is 17.5 Å². The van der Waals surface area contributed by atoms with E-state index in [2.05, 4.69) is 9.97 Å². The molecule has 0 aliphatic rings. The molecule has 31 heavy (non-hydrogen) atoms. The summed E-state index contributed by atoms with van der Waals surface area (Å²) in [5.41, 5.74) is 4.38. The van der Waals surface area contributed by atoms with E-state index in [-0.39, 0.29) is 11.4 Å². The van der Waals surface area contributed by atoms with Crippen molar-refractivity contribution in [1.82, 2.24) is 19.1 Å². The van der Waals surface area contributed by atoms with Crippen LogP contribution >= 0.6 is 23.1 Å². The maximum absolute atomic E-state index is 12.7. The molecule has 3 aromatic heterocycles. The van der Waals surface area contributed by atoms with Crippen LogP contribution in [0.5, 0.6) is 0 Å². The molecule has 0 aliphatic carbocycles. The van der Waals surface area contributed by atoms with E-state index in [4.69, 9.17) is 10.5 Å². The number of nitrogen functional groups attached to an aromatic ring is 1. The molecule has 0 aliphatic heterocycles. The minimum atomic E-state index is -0.855. The Hall–Kier alpha value is -3.25. The summed E-state index contributed by atoms with van der Waals surface area (Å²) < 4.78 is 6.89. The number of carbonyl (C=O) groups is 2. The summed E-state index contributed by atoms with van der Waals surface area (Å²) >= 11 is 2.72. The SMILES string of the molecule is CSc1nc(-c2cccs2)nc(C)c1C(=O)OCC(=O)c1c(N)n(C)c(=O)n(C)c1=O. The van der Waals surface area contributed by atoms with E-state index >= 15 is 0 Å². The third-order valence-electron chi connectivity index (χ3n) is 4.52. The third-order valence-corrected chi connectivity index (χ3v) is 6.07. The quantitative estimate of drug-likeness (QED) is 0.249. The van der Waals surface area contributed by atoms with Gasteiger partial charge >= 0.3 is 11.7 Å². The van der Waals surface area contributed by atoms with Crippen LogP contribution in [0.3, 0.4) is 0 Å². The molecule has 2 N–H and O–H groups in total. The molecule has 3 heterocycles. The summed E-state index contributed by atoms with van der Waals surface area (Å²) in [5, 5.41) is 2.31. The van der Waals surface area contributed by atoms with Gasteiger partial charge in [-0.15, -0.1) is 23.1 Å². The first-order valence-corrected chi connectivity index (χ1v) is 11.0. The van der Waals surface area contributed by atoms with Crippen LogP contribution in [0.4, 0.5) is 5.82 Å². The monoisotopic (exact) mass is 461 g/mol. The highest BCUT2D eigenvalue weighted by molar-refractivity contribution is 7.98. The molecular formula is C19H19N5O5S2. The second kappa shape index (κ2) is 8.86. The van der Waals surface area contributed by atoms with Crippen molar-refractivity contribution in [3.63, 3.8) is 0 Å². The molecule has 0 aromatic carbocycles. The molecule has 10 nitrogen and oxygen atoms in total. The van der Waals surface area contributed by atoms with Gasteiger partial charge in [-0.25, -0.2) is 19.6 Å². The Morgan fingerprint density at radius 3 is 2.52 bits per heavy atom. The number of esters is 1. The normalized spacial score (nSPS) is 10.8. The van der Waals surface area contributed by atoms with Gasteiger partial charge in [-0.3, -0.25) is 18.7 Å². The third kappa shape index (κ3) is 4.16. The van der Waals surface area contributed by atoms with Crippen LogP contribution in [0.25, 0.3) is 10.7 Å². The van der Waals surface area contributed by atoms with Gasteiger partial charge in [0, 0.05) is 14.1 Å². The highest BCUT2D eigenvalue weighted by atomic mass is 32.2. The Kier molecular flexibility index (Phi) is 6.41. The molecule has 0 amide bonds. The average molecular weight is 462 g/mol. The number of rotatable bonds is 6. The highest BCUT2D eigenvalue weighted by Crippen LogP contribution is 2.27. The largest absolute Gasteiger partial charge is 0.454 e. The fourth-order valence-corrected chi connectivity index (χ4v) is 4.11. The van der Waals surface area contributed by atoms with Crippen LogP contribution in [-0.4, -0.2) is 43.7 Å². The molecular weight excluding hydrogens is 442 g/mol. The molecule has 0 radical (unpaired) electrons. The number of thiophene rings is 1. The highest BCUT2D eigenvalue weighted by Gasteiger charge is 2.24. The zero-order valence-electron chi connectivity index (χ0n) is 17.2. The number of carbonyl (C=O) groups excluding carboxylic acids is 2. The number of aryl methyl sites for hydroxylation is 1. The predicted molar refractivity (Wildman–Crippen MR) is 118 cm³/mol. The second-order valence-electron chi connectivity index (χ2n) is 6.46. The van der Waals surface area contributed by atoms with Gasteiger partial charge in [-0.2, -0.15) is 0 Å². The fourth-order valence-electron chi connectivity index (χ4n) is 2.84. The number of nitrogens with two attached hydrogens (primary N) is 1. The molecule has 162 valence electrons. The standard InChI is InChI=1S/C19H19N5O5S2/c1-9-12(16(30-4)22-15(21-9)11-6-5-7-31-11)18(27)29-8-10(25)13-14(20)23(2)19(28)24(3)17(13)26/h5-7H,8,20H2,1-4H3. The minimum absolute atomic E-state index is 0.141. The van der Waals surface area contributed by atoms with E-state index in [0.717, 1.165) is 14.0 Å². The maximum Gasteiger partial charge on any atom is 0.343 e. The summed E-state index contributed by atoms with van der Waals surface area (Å²) in [7, 11) is 2.56. The molecule has 0 unspecified atom stereocenters. The van der Waals surface area contributed by atoms with Crippen molar-refractivity contribution in [3.8, 4) is 10.7 Å². The van der Waals surface area contributed by atoms with Crippen LogP contribution in [0.1, 0.15) is 26.4 Å². The van der Waals surface area contributed by atoms with E-state index in [0.29, 0.717) is 16.5 Å². The van der Waals surface area contributed by atoms with Crippen molar-refractivity contribution in [1.29, 1.82) is 0 Å². The molecule has 12 heteroatoms. The molecule has 0 saturated heterocycles. The Labute approximate surface area is 184 Å². The van der Waals surface area contributed by atoms with E-state index in [1.165, 1.54) is 37.2 Å². The van der Waals surface area contributed by atoms with Gasteiger partial charge in [0.2, 0.25) is 5.78 Å². The van der Waals surface area contributed by atoms with Crippen molar-refractivity contribution in [2.75, 3.05) is 18.6 Å². The Morgan fingerprint density at radius 2 is 1.90 bits per heavy atom. The number of hydrogen-bond donors (Lipinski definition) is 1. The zero-order chi connectivity index (χ0) is 22.9. The summed E-state index contributed by atoms with van der Waals surface area (Å²) in [4.78, 5) is 59.1. The Bertz CT molecular complexity index is 1290. The minimum Gasteiger partial charge on any atom is -0.454 e. The zero-order valence-corrected chi connectivity index (χ0v) is 18.8. The van der Waals surface area contributed by atoms with Crippen molar-refractivity contribution in [2.45, 2.75) is 11.9 Å². The number of anilines is 1. The molecule has 0 fully saturated rings. The lowest BCUT2D eigenvalue weighted by Gasteiger charge is -2.12. The van der Waals surface area contributed by atoms with E-state index < -0.39 is 35.2 Å². The number of nitrogens with zero attached hydrogens (tertiary/aromatic N) is 4. The van der Waals surface area contributed by atoms with Gasteiger partial charge < -0.3 is 10.5 Å². The van der Waals surface area contributed by atoms with Crippen LogP contribution in [0, 0.1) is 6.92 Å². The number of ether oxygens (including phenoxy) is 1. The molecule has 0 atom stereocenters. The lowest BCUT2D eigenvalue weighted by molar-refractivity contribution is 0.0468. The summed E-state index contributed by atoms with van der Waals surface area (Å²) in [5.74, 6) is -1.42. The van der Waals surface area contributed by atoms with Gasteiger partial charge in [0.25, 0.3) is 5.56 Å². The number of ketones is 1. The van der Waals surface area contributed by atoms with Crippen molar-refractivity contribution < 1.29 is 14.3 Å². The van der Waals surface area contributed by atoms with Crippen molar-refractivity contribution in [2.24, 2.45) is 14.1 Å². The van der Waals surface area contributed by atoms with Crippen LogP contribution in [0.15, 0.2) is 32.1 Å². The van der Waals surface area contributed by atoms with Gasteiger partial charge in [0.1, 0.15) is 22.0 Å². The van der Waals surface area contributed by atoms with E-state index in [1.54, 1.807) is 13.2 Å². The first kappa shape index (κ1) is 22.4. The smallest absolute Gasteiger partial charge is 0.343 e. The fraction of sp³-hybridized carbons (Fsp3) is 0.263. The topological polar surface area (TPSA) is 139 Å². The van der Waals surface area contributed by atoms with Crippen molar-refractivity contribution >= 4 is 40.7 Å². The van der Waals surface area contributed by atoms with Crippen LogP contribution < -0.4 is 17.0 Å². The van der Waals surface area contributed by atoms with Gasteiger partial charge in [0.05, 0.1) is 10.6 Å². The molecule has 3 rings (SSSR count). The summed E-state index contributed by atoms with van der Waals surface area (Å²) in [6.45, 7) is 0.925. The molecule has 3 aromatic rings. The second-order valence-corrected chi connectivity index (χ2v) is 8.20. The van der Waals surface area contributed by atoms with Gasteiger partial charge in [0.15, 0.2) is 12.4 Å². The maximum atomic E-state index is 12.7. The molecule has 0 saturated carbocycles. The number of thioether (sulfide) groups is 1. The van der Waals surface area contributed by atoms with Gasteiger partial charge in [-0.1, -0.05) is 6.07 Å². The number of Topliss-reactive ketones (excluding diaryl/α,β-unsaturated/α-hetero) is 1. The summed E-state index contributed by atoms with van der Waals surface area (Å²) in [6, 6.07) is 3.75.